The SMILES string of the molecule is C[C@@H]1C[C@@H](C)CN(C(=O)[C@H](C)Nc2ccc(-c3ccccc3)cc2)C1. The van der Waals surface area contributed by atoms with Gasteiger partial charge in [0.2, 0.25) is 5.91 Å². The van der Waals surface area contributed by atoms with E-state index in [1.54, 1.807) is 0 Å². The topological polar surface area (TPSA) is 32.3 Å². The molecular weight excluding hydrogens is 308 g/mol. The number of hydrogen-bond acceptors (Lipinski definition) is 2. The average molecular weight is 336 g/mol. The van der Waals surface area contributed by atoms with Crippen molar-refractivity contribution in [2.75, 3.05) is 18.4 Å². The van der Waals surface area contributed by atoms with Crippen molar-refractivity contribution in [1.82, 2.24) is 4.90 Å². The fourth-order valence-electron chi connectivity index (χ4n) is 3.82. The summed E-state index contributed by atoms with van der Waals surface area (Å²) in [6.45, 7) is 8.17. The van der Waals surface area contributed by atoms with E-state index in [9.17, 15) is 4.79 Å². The Morgan fingerprint density at radius 1 is 0.960 bits per heavy atom. The summed E-state index contributed by atoms with van der Waals surface area (Å²) in [7, 11) is 0. The van der Waals surface area contributed by atoms with E-state index in [1.165, 1.54) is 17.5 Å². The van der Waals surface area contributed by atoms with Crippen molar-refractivity contribution >= 4 is 11.6 Å². The van der Waals surface area contributed by atoms with Crippen LogP contribution in [0.25, 0.3) is 11.1 Å². The van der Waals surface area contributed by atoms with Crippen LogP contribution in [0.3, 0.4) is 0 Å². The lowest BCUT2D eigenvalue weighted by Crippen LogP contribution is -2.48. The molecule has 0 radical (unpaired) electrons. The first kappa shape index (κ1) is 17.5. The molecule has 1 saturated heterocycles. The molecule has 3 heteroatoms. The molecular formula is C22H28N2O. The average Bonchev–Trinajstić information content (AvgIpc) is 2.61. The summed E-state index contributed by atoms with van der Waals surface area (Å²) in [5.41, 5.74) is 3.37. The maximum absolute atomic E-state index is 12.7. The van der Waals surface area contributed by atoms with Gasteiger partial charge in [-0.25, -0.2) is 0 Å². The van der Waals surface area contributed by atoms with Crippen LogP contribution in [-0.2, 0) is 4.79 Å². The molecule has 1 aliphatic rings. The van der Waals surface area contributed by atoms with Crippen molar-refractivity contribution in [1.29, 1.82) is 0 Å². The van der Waals surface area contributed by atoms with E-state index in [4.69, 9.17) is 0 Å². The largest absolute Gasteiger partial charge is 0.374 e. The summed E-state index contributed by atoms with van der Waals surface area (Å²) < 4.78 is 0. The molecule has 0 bridgehead atoms. The van der Waals surface area contributed by atoms with Gasteiger partial charge in [-0.05, 0) is 48.4 Å². The Morgan fingerprint density at radius 2 is 1.52 bits per heavy atom. The number of anilines is 1. The Kier molecular flexibility index (Phi) is 5.42. The van der Waals surface area contributed by atoms with Crippen LogP contribution in [0, 0.1) is 11.8 Å². The Hall–Kier alpha value is -2.29. The van der Waals surface area contributed by atoms with Gasteiger partial charge in [-0.2, -0.15) is 0 Å². The monoisotopic (exact) mass is 336 g/mol. The summed E-state index contributed by atoms with van der Waals surface area (Å²) in [6, 6.07) is 18.4. The molecule has 1 fully saturated rings. The van der Waals surface area contributed by atoms with Crippen molar-refractivity contribution in [3.05, 3.63) is 54.6 Å². The minimum absolute atomic E-state index is 0.200. The van der Waals surface area contributed by atoms with E-state index in [1.807, 2.05) is 42.2 Å². The predicted octanol–water partition coefficient (Wildman–Crippen LogP) is 4.66. The number of benzene rings is 2. The zero-order valence-electron chi connectivity index (χ0n) is 15.4. The Morgan fingerprint density at radius 3 is 2.12 bits per heavy atom. The fourth-order valence-corrected chi connectivity index (χ4v) is 3.82. The molecule has 0 aromatic heterocycles. The summed E-state index contributed by atoms with van der Waals surface area (Å²) in [5.74, 6) is 1.38. The molecule has 3 rings (SSSR count). The number of nitrogens with zero attached hydrogens (tertiary/aromatic N) is 1. The van der Waals surface area contributed by atoms with Crippen molar-refractivity contribution in [3.63, 3.8) is 0 Å². The highest BCUT2D eigenvalue weighted by atomic mass is 16.2. The molecule has 3 nitrogen and oxygen atoms in total. The second-order valence-corrected chi connectivity index (χ2v) is 7.50. The molecule has 0 spiro atoms. The smallest absolute Gasteiger partial charge is 0.244 e. The third kappa shape index (κ3) is 4.41. The van der Waals surface area contributed by atoms with Crippen molar-refractivity contribution < 1.29 is 4.79 Å². The molecule has 2 aromatic carbocycles. The van der Waals surface area contributed by atoms with E-state index < -0.39 is 0 Å². The Bertz CT molecular complexity index is 686. The normalized spacial score (nSPS) is 21.6. The lowest BCUT2D eigenvalue weighted by molar-refractivity contribution is -0.134. The van der Waals surface area contributed by atoms with Gasteiger partial charge < -0.3 is 10.2 Å². The van der Waals surface area contributed by atoms with Crippen molar-refractivity contribution in [3.8, 4) is 11.1 Å². The molecule has 1 N–H and O–H groups in total. The number of nitrogens with one attached hydrogen (secondary N) is 1. The maximum atomic E-state index is 12.7. The van der Waals surface area contributed by atoms with Gasteiger partial charge in [-0.15, -0.1) is 0 Å². The first-order valence-electron chi connectivity index (χ1n) is 9.23. The standard InChI is InChI=1S/C22H28N2O/c1-16-13-17(2)15-24(14-16)22(25)18(3)23-21-11-9-20(10-12-21)19-7-5-4-6-8-19/h4-12,16-18,23H,13-15H2,1-3H3/t16-,17-,18+/m1/s1. The first-order valence-corrected chi connectivity index (χ1v) is 9.23. The van der Waals surface area contributed by atoms with E-state index >= 15 is 0 Å². The number of piperidine rings is 1. The number of amides is 1. The quantitative estimate of drug-likeness (QED) is 0.881. The molecule has 0 aliphatic carbocycles. The van der Waals surface area contributed by atoms with Crippen molar-refractivity contribution in [2.45, 2.75) is 33.2 Å². The maximum Gasteiger partial charge on any atom is 0.244 e. The highest BCUT2D eigenvalue weighted by Gasteiger charge is 2.28. The Balaban J connectivity index is 1.62. The number of rotatable bonds is 4. The molecule has 2 aromatic rings. The molecule has 1 heterocycles. The molecule has 0 saturated carbocycles. The Labute approximate surface area is 151 Å². The second kappa shape index (κ2) is 7.73. The fraction of sp³-hybridized carbons (Fsp3) is 0.409. The van der Waals surface area contributed by atoms with E-state index in [-0.39, 0.29) is 11.9 Å². The van der Waals surface area contributed by atoms with Crippen LogP contribution in [0.4, 0.5) is 5.69 Å². The van der Waals surface area contributed by atoms with Crippen LogP contribution in [0.15, 0.2) is 54.6 Å². The highest BCUT2D eigenvalue weighted by molar-refractivity contribution is 5.84. The number of carbonyl (C=O) groups excluding carboxylic acids is 1. The van der Waals surface area contributed by atoms with Gasteiger partial charge in [0.25, 0.3) is 0 Å². The molecule has 0 unspecified atom stereocenters. The zero-order valence-corrected chi connectivity index (χ0v) is 15.4. The van der Waals surface area contributed by atoms with Gasteiger partial charge in [-0.3, -0.25) is 4.79 Å². The van der Waals surface area contributed by atoms with Gasteiger partial charge in [0.15, 0.2) is 0 Å². The highest BCUT2D eigenvalue weighted by Crippen LogP contribution is 2.23. The minimum Gasteiger partial charge on any atom is -0.374 e. The lowest BCUT2D eigenvalue weighted by Gasteiger charge is -2.36. The summed E-state index contributed by atoms with van der Waals surface area (Å²) in [4.78, 5) is 14.8. The van der Waals surface area contributed by atoms with E-state index in [2.05, 4.69) is 43.4 Å². The van der Waals surface area contributed by atoms with Crippen LogP contribution in [0.2, 0.25) is 0 Å². The molecule has 25 heavy (non-hydrogen) atoms. The zero-order chi connectivity index (χ0) is 17.8. The van der Waals surface area contributed by atoms with Crippen LogP contribution in [0.5, 0.6) is 0 Å². The van der Waals surface area contributed by atoms with Crippen LogP contribution < -0.4 is 5.32 Å². The van der Waals surface area contributed by atoms with Crippen LogP contribution in [0.1, 0.15) is 27.2 Å². The van der Waals surface area contributed by atoms with Gasteiger partial charge in [0.05, 0.1) is 0 Å². The lowest BCUT2D eigenvalue weighted by atomic mass is 9.91. The number of likely N-dealkylation sites (tertiary alicyclic amines) is 1. The number of hydrogen-bond donors (Lipinski definition) is 1. The second-order valence-electron chi connectivity index (χ2n) is 7.50. The van der Waals surface area contributed by atoms with Gasteiger partial charge in [0, 0.05) is 18.8 Å². The van der Waals surface area contributed by atoms with Crippen LogP contribution >= 0.6 is 0 Å². The van der Waals surface area contributed by atoms with E-state index in [0.717, 1.165) is 18.8 Å². The van der Waals surface area contributed by atoms with E-state index in [0.29, 0.717) is 11.8 Å². The predicted molar refractivity (Wildman–Crippen MR) is 104 cm³/mol. The van der Waals surface area contributed by atoms with Gasteiger partial charge in [-0.1, -0.05) is 56.3 Å². The first-order chi connectivity index (χ1) is 12.0. The molecule has 1 aliphatic heterocycles. The van der Waals surface area contributed by atoms with Crippen molar-refractivity contribution in [2.24, 2.45) is 11.8 Å². The minimum atomic E-state index is -0.208. The molecule has 1 amide bonds. The summed E-state index contributed by atoms with van der Waals surface area (Å²) in [5, 5.41) is 3.36. The van der Waals surface area contributed by atoms with Gasteiger partial charge >= 0.3 is 0 Å². The number of carbonyl (C=O) groups is 1. The third-order valence-corrected chi connectivity index (χ3v) is 4.93. The summed E-state index contributed by atoms with van der Waals surface area (Å²) in [6.07, 6.45) is 1.21. The van der Waals surface area contributed by atoms with Crippen LogP contribution in [-0.4, -0.2) is 29.9 Å². The van der Waals surface area contributed by atoms with Gasteiger partial charge in [0.1, 0.15) is 6.04 Å². The molecule has 132 valence electrons. The molecule has 3 atom stereocenters. The third-order valence-electron chi connectivity index (χ3n) is 4.93. The summed E-state index contributed by atoms with van der Waals surface area (Å²) >= 11 is 0.